The van der Waals surface area contributed by atoms with Crippen molar-refractivity contribution in [2.45, 2.75) is 149 Å². The van der Waals surface area contributed by atoms with E-state index in [2.05, 4.69) is 54.5 Å². The smallest absolute Gasteiger partial charge is 0.324 e. The highest BCUT2D eigenvalue weighted by Gasteiger charge is 2.74. The monoisotopic (exact) mass is 690 g/mol. The van der Waals surface area contributed by atoms with Gasteiger partial charge < -0.3 is 14.2 Å². The van der Waals surface area contributed by atoms with Gasteiger partial charge in [-0.05, 0) is 112 Å². The normalized spacial score (nSPS) is 48.9. The molecule has 13 atom stereocenters. The average Bonchev–Trinajstić information content (AvgIpc) is 3.33. The van der Waals surface area contributed by atoms with Gasteiger partial charge in [-0.1, -0.05) is 46.3 Å². The second kappa shape index (κ2) is 11.7. The third-order valence-electron chi connectivity index (χ3n) is 13.5. The summed E-state index contributed by atoms with van der Waals surface area (Å²) < 4.78 is 96.7. The molecule has 46 heavy (non-hydrogen) atoms. The molecule has 2 saturated heterocycles. The van der Waals surface area contributed by atoms with Crippen molar-refractivity contribution in [2.24, 2.45) is 46.3 Å². The molecule has 6 aliphatic rings. The lowest BCUT2D eigenvalue weighted by molar-refractivity contribution is -0.403. The van der Waals surface area contributed by atoms with Crippen molar-refractivity contribution in [1.82, 2.24) is 0 Å². The summed E-state index contributed by atoms with van der Waals surface area (Å²) >= 11 is 0. The van der Waals surface area contributed by atoms with Crippen molar-refractivity contribution in [3.8, 4) is 0 Å². The number of hydrogen-bond donors (Lipinski definition) is 2. The largest absolute Gasteiger partial charge is 0.397 e. The molecule has 2 bridgehead atoms. The molecular weight excluding hydrogens is 636 g/mol. The van der Waals surface area contributed by atoms with Gasteiger partial charge in [-0.15, -0.1) is 0 Å². The van der Waals surface area contributed by atoms with E-state index in [-0.39, 0.29) is 53.6 Å². The van der Waals surface area contributed by atoms with Gasteiger partial charge in [-0.2, -0.15) is 16.8 Å². The first-order chi connectivity index (χ1) is 21.3. The topological polar surface area (TPSA) is 155 Å². The second-order valence-corrected chi connectivity index (χ2v) is 18.3. The maximum atomic E-state index is 11.8. The fourth-order valence-corrected chi connectivity index (χ4v) is 12.8. The number of allylic oxidation sites excluding steroid dienone is 1. The van der Waals surface area contributed by atoms with Crippen LogP contribution < -0.4 is 0 Å². The van der Waals surface area contributed by atoms with Crippen LogP contribution in [0.1, 0.15) is 113 Å². The molecule has 2 heterocycles. The summed E-state index contributed by atoms with van der Waals surface area (Å²) in [5.41, 5.74) is 0.408. The number of ether oxygens (including phenoxy) is 3. The number of rotatable bonds is 9. The zero-order chi connectivity index (χ0) is 33.7. The van der Waals surface area contributed by atoms with E-state index < -0.39 is 44.6 Å². The molecule has 6 rings (SSSR count). The quantitative estimate of drug-likeness (QED) is 0.208. The molecule has 0 unspecified atom stereocenters. The van der Waals surface area contributed by atoms with Crippen LogP contribution >= 0.6 is 0 Å². The zero-order valence-electron chi connectivity index (χ0n) is 28.3. The van der Waals surface area contributed by atoms with Gasteiger partial charge in [-0.3, -0.25) is 9.11 Å². The van der Waals surface area contributed by atoms with E-state index in [1.165, 1.54) is 5.57 Å². The van der Waals surface area contributed by atoms with Crippen molar-refractivity contribution in [3.63, 3.8) is 0 Å². The molecule has 0 aromatic heterocycles. The summed E-state index contributed by atoms with van der Waals surface area (Å²) in [6, 6.07) is 0. The van der Waals surface area contributed by atoms with Gasteiger partial charge >= 0.3 is 20.8 Å². The van der Waals surface area contributed by atoms with Gasteiger partial charge in [0.15, 0.2) is 0 Å². The number of fused-ring (bicyclic) bond motifs is 10. The Hall–Kier alpha value is -0.640. The Morgan fingerprint density at radius 2 is 1.61 bits per heavy atom. The van der Waals surface area contributed by atoms with E-state index >= 15 is 0 Å². The summed E-state index contributed by atoms with van der Waals surface area (Å²) in [6.07, 6.45) is 6.95. The summed E-state index contributed by atoms with van der Waals surface area (Å²) in [5.74, 6) is 0.506. The molecule has 4 aliphatic carbocycles. The zero-order valence-corrected chi connectivity index (χ0v) is 29.9. The van der Waals surface area contributed by atoms with E-state index in [4.69, 9.17) is 22.6 Å². The van der Waals surface area contributed by atoms with Crippen molar-refractivity contribution >= 4 is 20.8 Å². The van der Waals surface area contributed by atoms with Gasteiger partial charge in [-0.25, -0.2) is 8.37 Å². The number of hydrogen-bond acceptors (Lipinski definition) is 9. The van der Waals surface area contributed by atoms with Crippen molar-refractivity contribution < 1.29 is 48.5 Å². The summed E-state index contributed by atoms with van der Waals surface area (Å²) in [4.78, 5) is 0. The average molecular weight is 691 g/mol. The van der Waals surface area contributed by atoms with Gasteiger partial charge in [0.25, 0.3) is 5.97 Å². The minimum atomic E-state index is -4.89. The molecule has 0 radical (unpaired) electrons. The van der Waals surface area contributed by atoms with Crippen LogP contribution in [0.25, 0.3) is 0 Å². The van der Waals surface area contributed by atoms with Crippen LogP contribution in [0.5, 0.6) is 0 Å². The third kappa shape index (κ3) is 5.85. The molecule has 0 amide bonds. The Morgan fingerprint density at radius 3 is 2.22 bits per heavy atom. The summed E-state index contributed by atoms with van der Waals surface area (Å²) in [5, 5.41) is 0. The Kier molecular flexibility index (Phi) is 8.97. The first kappa shape index (κ1) is 35.2. The second-order valence-electron chi connectivity index (χ2n) is 16.2. The first-order valence-electron chi connectivity index (χ1n) is 17.3. The molecule has 13 heteroatoms. The Morgan fingerprint density at radius 1 is 0.935 bits per heavy atom. The Balaban J connectivity index is 1.31. The highest BCUT2D eigenvalue weighted by molar-refractivity contribution is 7.81. The molecular formula is C33H54O11S2. The van der Waals surface area contributed by atoms with E-state index in [0.29, 0.717) is 24.2 Å². The molecule has 0 aromatic carbocycles. The third-order valence-corrected chi connectivity index (χ3v) is 14.5. The molecule has 11 nitrogen and oxygen atoms in total. The predicted octanol–water partition coefficient (Wildman–Crippen LogP) is 6.26. The maximum Gasteiger partial charge on any atom is 0.397 e. The molecule has 0 spiro atoms. The van der Waals surface area contributed by atoms with Gasteiger partial charge in [0, 0.05) is 12.3 Å². The van der Waals surface area contributed by atoms with Crippen LogP contribution in [0.3, 0.4) is 0 Å². The fourth-order valence-electron chi connectivity index (χ4n) is 11.8. The van der Waals surface area contributed by atoms with Crippen molar-refractivity contribution in [1.29, 1.82) is 0 Å². The molecule has 6 fully saturated rings. The maximum absolute atomic E-state index is 11.8. The van der Waals surface area contributed by atoms with E-state index in [1.807, 2.05) is 0 Å². The standard InChI is InChI=1S/C33H54O11S2/c1-8-13-33-40-26-17-24-22-11-10-21-16-25(42-45(34,35)36)27(43-46(37,38)39)18-31(21,6)23(22)12-14-30(24,5)29(26)32(7,44-33)28(41-33)15-20(9-2)19(3)4/h9,19,21-29H,8,10-18H2,1-7H3,(H,34,35,36)(H,37,38,39)/b20-9-/t21-,22+,23-,24-,25-,26-,27-,28+,29-,30-,31-,32-,33-/m0/s1. The molecule has 0 aromatic rings. The van der Waals surface area contributed by atoms with Gasteiger partial charge in [0.1, 0.15) is 17.8 Å². The molecule has 2 aliphatic heterocycles. The lowest BCUT2D eigenvalue weighted by Gasteiger charge is -2.62. The van der Waals surface area contributed by atoms with E-state index in [1.54, 1.807) is 0 Å². The van der Waals surface area contributed by atoms with Gasteiger partial charge in [0.2, 0.25) is 0 Å². The van der Waals surface area contributed by atoms with Crippen LogP contribution in [0.15, 0.2) is 11.6 Å². The fraction of sp³-hybridized carbons (Fsp3) is 0.939. The van der Waals surface area contributed by atoms with E-state index in [9.17, 15) is 25.9 Å². The summed E-state index contributed by atoms with van der Waals surface area (Å²) in [6.45, 7) is 15.5. The predicted molar refractivity (Wildman–Crippen MR) is 169 cm³/mol. The van der Waals surface area contributed by atoms with Crippen LogP contribution in [0, 0.1) is 46.3 Å². The Labute approximate surface area is 275 Å². The highest BCUT2D eigenvalue weighted by atomic mass is 32.3. The molecule has 2 N–H and O–H groups in total. The lowest BCUT2D eigenvalue weighted by Crippen LogP contribution is -2.61. The van der Waals surface area contributed by atoms with Crippen molar-refractivity contribution in [3.05, 3.63) is 11.6 Å². The van der Waals surface area contributed by atoms with Crippen LogP contribution in [0.2, 0.25) is 0 Å². The van der Waals surface area contributed by atoms with Crippen LogP contribution in [0.4, 0.5) is 0 Å². The molecule has 264 valence electrons. The van der Waals surface area contributed by atoms with Crippen LogP contribution in [-0.4, -0.2) is 61.9 Å². The van der Waals surface area contributed by atoms with E-state index in [0.717, 1.165) is 44.9 Å². The summed E-state index contributed by atoms with van der Waals surface area (Å²) in [7, 11) is -9.75. The van der Waals surface area contributed by atoms with Crippen molar-refractivity contribution in [2.75, 3.05) is 0 Å². The SMILES string of the molecule is C/C=C(/C[C@H]1O[C@]2(CCC)O[C@H]3C[C@H]4[C@@H]5CC[C@H]6C[C@H](OS(=O)(=O)O)[C@@H](OS(=O)(=O)O)C[C@]6(C)[C@H]5CC[C@]4(C)[C@H]3[C@@]1(C)O2)C(C)C. The lowest BCUT2D eigenvalue weighted by atomic mass is 9.44. The minimum absolute atomic E-state index is 0.00260. The molecule has 4 saturated carbocycles. The first-order valence-corrected chi connectivity index (χ1v) is 20.0. The van der Waals surface area contributed by atoms with Crippen LogP contribution in [-0.2, 0) is 43.4 Å². The Bertz CT molecular complexity index is 1430. The van der Waals surface area contributed by atoms with Gasteiger partial charge in [0.05, 0.1) is 12.2 Å². The minimum Gasteiger partial charge on any atom is -0.324 e. The highest BCUT2D eigenvalue weighted by Crippen LogP contribution is 2.72.